The topological polar surface area (TPSA) is 88.2 Å². The Hall–Kier alpha value is -2.88. The van der Waals surface area contributed by atoms with Gasteiger partial charge in [-0.3, -0.25) is 10.2 Å². The summed E-state index contributed by atoms with van der Waals surface area (Å²) in [6.07, 6.45) is -4.70. The zero-order valence-electron chi connectivity index (χ0n) is 12.7. The number of benzene rings is 1. The first-order valence-corrected chi connectivity index (χ1v) is 6.68. The van der Waals surface area contributed by atoms with Gasteiger partial charge in [0.1, 0.15) is 0 Å². The van der Waals surface area contributed by atoms with Gasteiger partial charge in [-0.25, -0.2) is 15.3 Å². The van der Waals surface area contributed by atoms with E-state index in [1.807, 2.05) is 6.92 Å². The molecular formula is C14H14F3N5O2. The van der Waals surface area contributed by atoms with Crippen LogP contribution in [0.2, 0.25) is 0 Å². The van der Waals surface area contributed by atoms with Crippen molar-refractivity contribution in [2.75, 3.05) is 23.2 Å². The average molecular weight is 341 g/mol. The van der Waals surface area contributed by atoms with Gasteiger partial charge in [0.25, 0.3) is 0 Å². The Kier molecular flexibility index (Phi) is 5.19. The van der Waals surface area contributed by atoms with Crippen LogP contribution in [0, 0.1) is 6.92 Å². The molecule has 0 fully saturated rings. The number of nitrogens with zero attached hydrogens (tertiary/aromatic N) is 2. The number of urea groups is 1. The van der Waals surface area contributed by atoms with Crippen molar-refractivity contribution in [1.82, 2.24) is 9.97 Å². The summed E-state index contributed by atoms with van der Waals surface area (Å²) in [5, 5.41) is 4.61. The molecule has 128 valence electrons. The van der Waals surface area contributed by atoms with E-state index in [0.717, 1.165) is 5.56 Å². The summed E-state index contributed by atoms with van der Waals surface area (Å²) in [6.45, 7) is 1.88. The van der Waals surface area contributed by atoms with E-state index in [0.29, 0.717) is 11.8 Å². The maximum atomic E-state index is 12.8. The summed E-state index contributed by atoms with van der Waals surface area (Å²) in [4.78, 5) is 23.4. The number of amides is 2. The predicted octanol–water partition coefficient (Wildman–Crippen LogP) is 3.42. The smallest absolute Gasteiger partial charge is 0.308 e. The van der Waals surface area contributed by atoms with Crippen LogP contribution in [-0.4, -0.2) is 23.1 Å². The SMILES string of the molecule is CONc1cc(C(F)(F)F)nc(NC(=O)Nc2ccc(C)cc2)n1. The summed E-state index contributed by atoms with van der Waals surface area (Å²) >= 11 is 0. The van der Waals surface area contributed by atoms with Crippen LogP contribution in [0.4, 0.5) is 35.4 Å². The van der Waals surface area contributed by atoms with Crippen molar-refractivity contribution in [2.45, 2.75) is 13.1 Å². The second-order valence-electron chi connectivity index (χ2n) is 4.71. The fourth-order valence-corrected chi connectivity index (χ4v) is 1.71. The molecule has 3 N–H and O–H groups in total. The number of hydrogen-bond acceptors (Lipinski definition) is 5. The average Bonchev–Trinajstić information content (AvgIpc) is 2.49. The summed E-state index contributed by atoms with van der Waals surface area (Å²) < 4.78 is 38.5. The molecule has 2 aromatic rings. The third kappa shape index (κ3) is 4.81. The summed E-state index contributed by atoms with van der Waals surface area (Å²) in [7, 11) is 1.21. The van der Waals surface area contributed by atoms with Gasteiger partial charge in [0, 0.05) is 11.8 Å². The lowest BCUT2D eigenvalue weighted by Crippen LogP contribution is -2.22. The van der Waals surface area contributed by atoms with Gasteiger partial charge in [-0.15, -0.1) is 0 Å². The van der Waals surface area contributed by atoms with Gasteiger partial charge in [-0.2, -0.15) is 18.2 Å². The van der Waals surface area contributed by atoms with Gasteiger partial charge in [0.15, 0.2) is 11.5 Å². The number of hydrogen-bond donors (Lipinski definition) is 3. The van der Waals surface area contributed by atoms with Crippen molar-refractivity contribution < 1.29 is 22.8 Å². The van der Waals surface area contributed by atoms with Gasteiger partial charge in [-0.1, -0.05) is 17.7 Å². The Labute approximate surface area is 135 Å². The highest BCUT2D eigenvalue weighted by molar-refractivity contribution is 5.98. The lowest BCUT2D eigenvalue weighted by atomic mass is 10.2. The molecule has 0 radical (unpaired) electrons. The molecule has 0 aliphatic rings. The van der Waals surface area contributed by atoms with Gasteiger partial charge < -0.3 is 5.32 Å². The van der Waals surface area contributed by atoms with Crippen LogP contribution in [0.1, 0.15) is 11.3 Å². The molecule has 0 saturated heterocycles. The molecule has 1 aromatic heterocycles. The number of carbonyl (C=O) groups is 1. The normalized spacial score (nSPS) is 11.0. The highest BCUT2D eigenvalue weighted by Gasteiger charge is 2.34. The quantitative estimate of drug-likeness (QED) is 0.742. The van der Waals surface area contributed by atoms with Crippen LogP contribution < -0.4 is 16.1 Å². The molecule has 0 bridgehead atoms. The summed E-state index contributed by atoms with van der Waals surface area (Å²) in [5.74, 6) is -0.764. The number of alkyl halides is 3. The standard InChI is InChI=1S/C14H14F3N5O2/c1-8-3-5-9(6-4-8)18-13(23)21-12-19-10(14(15,16)17)7-11(20-12)22-24-2/h3-7H,1-2H3,(H3,18,19,20,21,22,23). The largest absolute Gasteiger partial charge is 0.433 e. The number of halogens is 3. The molecule has 7 nitrogen and oxygen atoms in total. The maximum Gasteiger partial charge on any atom is 0.433 e. The lowest BCUT2D eigenvalue weighted by molar-refractivity contribution is -0.141. The molecule has 0 atom stereocenters. The zero-order chi connectivity index (χ0) is 17.7. The Balaban J connectivity index is 2.16. The molecule has 24 heavy (non-hydrogen) atoms. The molecule has 1 heterocycles. The minimum atomic E-state index is -4.70. The van der Waals surface area contributed by atoms with Gasteiger partial charge >= 0.3 is 12.2 Å². The van der Waals surface area contributed by atoms with Crippen molar-refractivity contribution in [3.8, 4) is 0 Å². The van der Waals surface area contributed by atoms with E-state index >= 15 is 0 Å². The second kappa shape index (κ2) is 7.13. The van der Waals surface area contributed by atoms with E-state index in [1.165, 1.54) is 7.11 Å². The van der Waals surface area contributed by atoms with E-state index in [1.54, 1.807) is 24.3 Å². The number of aryl methyl sites for hydroxylation is 1. The van der Waals surface area contributed by atoms with E-state index in [4.69, 9.17) is 0 Å². The van der Waals surface area contributed by atoms with E-state index in [-0.39, 0.29) is 5.82 Å². The Morgan fingerprint density at radius 2 is 1.79 bits per heavy atom. The minimum absolute atomic E-state index is 0.245. The number of rotatable bonds is 4. The molecule has 10 heteroatoms. The molecule has 1 aromatic carbocycles. The Morgan fingerprint density at radius 1 is 1.12 bits per heavy atom. The second-order valence-corrected chi connectivity index (χ2v) is 4.71. The first kappa shape index (κ1) is 17.5. The highest BCUT2D eigenvalue weighted by Crippen LogP contribution is 2.29. The van der Waals surface area contributed by atoms with Crippen molar-refractivity contribution >= 4 is 23.5 Å². The predicted molar refractivity (Wildman–Crippen MR) is 81.5 cm³/mol. The number of aromatic nitrogens is 2. The van der Waals surface area contributed by atoms with Crippen LogP contribution in [0.5, 0.6) is 0 Å². The number of nitrogens with one attached hydrogen (secondary N) is 3. The van der Waals surface area contributed by atoms with Gasteiger partial charge in [0.2, 0.25) is 5.95 Å². The molecule has 0 aliphatic heterocycles. The molecule has 2 amide bonds. The first-order valence-electron chi connectivity index (χ1n) is 6.68. The van der Waals surface area contributed by atoms with Crippen molar-refractivity contribution in [2.24, 2.45) is 0 Å². The van der Waals surface area contributed by atoms with Gasteiger partial charge in [0.05, 0.1) is 7.11 Å². The van der Waals surface area contributed by atoms with Crippen LogP contribution >= 0.6 is 0 Å². The van der Waals surface area contributed by atoms with Crippen LogP contribution in [0.25, 0.3) is 0 Å². The van der Waals surface area contributed by atoms with E-state index < -0.39 is 23.8 Å². The monoisotopic (exact) mass is 341 g/mol. The molecule has 0 unspecified atom stereocenters. The third-order valence-electron chi connectivity index (χ3n) is 2.76. The van der Waals surface area contributed by atoms with E-state index in [2.05, 4.69) is 30.9 Å². The van der Waals surface area contributed by atoms with Crippen molar-refractivity contribution in [3.63, 3.8) is 0 Å². The fourth-order valence-electron chi connectivity index (χ4n) is 1.71. The van der Waals surface area contributed by atoms with Crippen LogP contribution in [0.3, 0.4) is 0 Å². The number of anilines is 3. The molecule has 0 saturated carbocycles. The first-order chi connectivity index (χ1) is 11.3. The zero-order valence-corrected chi connectivity index (χ0v) is 12.7. The maximum absolute atomic E-state index is 12.8. The van der Waals surface area contributed by atoms with Gasteiger partial charge in [-0.05, 0) is 19.1 Å². The summed E-state index contributed by atoms with van der Waals surface area (Å²) in [6, 6.07) is 6.74. The van der Waals surface area contributed by atoms with E-state index in [9.17, 15) is 18.0 Å². The highest BCUT2D eigenvalue weighted by atomic mass is 19.4. The molecule has 0 spiro atoms. The Bertz CT molecular complexity index is 719. The van der Waals surface area contributed by atoms with Crippen LogP contribution in [0.15, 0.2) is 30.3 Å². The van der Waals surface area contributed by atoms with Crippen molar-refractivity contribution in [1.29, 1.82) is 0 Å². The number of carbonyl (C=O) groups excluding carboxylic acids is 1. The molecular weight excluding hydrogens is 327 g/mol. The lowest BCUT2D eigenvalue weighted by Gasteiger charge is -2.12. The Morgan fingerprint density at radius 3 is 2.38 bits per heavy atom. The minimum Gasteiger partial charge on any atom is -0.308 e. The van der Waals surface area contributed by atoms with Crippen LogP contribution in [-0.2, 0) is 11.0 Å². The summed E-state index contributed by atoms with van der Waals surface area (Å²) in [5.41, 5.74) is 2.42. The molecule has 2 rings (SSSR count). The van der Waals surface area contributed by atoms with Crippen molar-refractivity contribution in [3.05, 3.63) is 41.6 Å². The molecule has 0 aliphatic carbocycles. The third-order valence-corrected chi connectivity index (χ3v) is 2.76. The fraction of sp³-hybridized carbons (Fsp3) is 0.214.